The Morgan fingerprint density at radius 3 is 2.44 bits per heavy atom. The van der Waals surface area contributed by atoms with Crippen LogP contribution in [0.4, 0.5) is 0 Å². The van der Waals surface area contributed by atoms with Crippen molar-refractivity contribution in [1.29, 1.82) is 0 Å². The molecule has 1 aromatic rings. The van der Waals surface area contributed by atoms with Crippen molar-refractivity contribution in [2.45, 2.75) is 45.8 Å². The molecule has 18 heavy (non-hydrogen) atoms. The summed E-state index contributed by atoms with van der Waals surface area (Å²) in [5.41, 5.74) is 2.44. The number of nitrogens with zero attached hydrogens (tertiary/aromatic N) is 1. The highest BCUT2D eigenvalue weighted by Gasteiger charge is 2.34. The van der Waals surface area contributed by atoms with Gasteiger partial charge in [0.25, 0.3) is 0 Å². The van der Waals surface area contributed by atoms with Crippen LogP contribution in [-0.2, 0) is 17.8 Å². The van der Waals surface area contributed by atoms with Gasteiger partial charge in [0.15, 0.2) is 0 Å². The van der Waals surface area contributed by atoms with E-state index < -0.39 is 12.0 Å². The van der Waals surface area contributed by atoms with Crippen LogP contribution in [-0.4, -0.2) is 28.1 Å². The quantitative estimate of drug-likeness (QED) is 0.892. The number of hydrogen-bond donors (Lipinski definition) is 1. The Labute approximate surface area is 108 Å². The smallest absolute Gasteiger partial charge is 0.321 e. The van der Waals surface area contributed by atoms with E-state index in [1.165, 1.54) is 11.1 Å². The second-order valence-corrected chi connectivity index (χ2v) is 5.48. The van der Waals surface area contributed by atoms with E-state index in [9.17, 15) is 9.90 Å². The summed E-state index contributed by atoms with van der Waals surface area (Å²) >= 11 is 0. The van der Waals surface area contributed by atoms with Crippen molar-refractivity contribution in [3.8, 4) is 0 Å². The van der Waals surface area contributed by atoms with E-state index in [1.54, 1.807) is 0 Å². The molecular formula is C15H21NO2. The summed E-state index contributed by atoms with van der Waals surface area (Å²) in [6.45, 7) is 7.15. The van der Waals surface area contributed by atoms with Crippen molar-refractivity contribution < 1.29 is 9.90 Å². The molecule has 3 heteroatoms. The molecule has 2 unspecified atom stereocenters. The van der Waals surface area contributed by atoms with Crippen LogP contribution in [0.3, 0.4) is 0 Å². The number of aliphatic carboxylic acids is 1. The SMILES string of the molecule is CC(C)C(C)N1Cc2ccccc2CC1C(=O)O. The van der Waals surface area contributed by atoms with Crippen molar-refractivity contribution in [2.24, 2.45) is 5.92 Å². The van der Waals surface area contributed by atoms with Crippen LogP contribution in [0.1, 0.15) is 31.9 Å². The van der Waals surface area contributed by atoms with Gasteiger partial charge in [0.05, 0.1) is 0 Å². The van der Waals surface area contributed by atoms with Gasteiger partial charge >= 0.3 is 5.97 Å². The molecule has 1 heterocycles. The molecule has 1 N–H and O–H groups in total. The Morgan fingerprint density at radius 1 is 1.28 bits per heavy atom. The number of hydrogen-bond acceptors (Lipinski definition) is 2. The zero-order chi connectivity index (χ0) is 13.3. The summed E-state index contributed by atoms with van der Waals surface area (Å²) in [6.07, 6.45) is 0.614. The average Bonchev–Trinajstić information content (AvgIpc) is 2.36. The minimum atomic E-state index is -0.711. The Bertz CT molecular complexity index is 442. The number of carbonyl (C=O) groups is 1. The lowest BCUT2D eigenvalue weighted by molar-refractivity contribution is -0.145. The van der Waals surface area contributed by atoms with E-state index in [2.05, 4.69) is 31.7 Å². The predicted molar refractivity (Wildman–Crippen MR) is 71.4 cm³/mol. The number of carboxylic acid groups (broad SMARTS) is 1. The van der Waals surface area contributed by atoms with E-state index in [1.807, 2.05) is 18.2 Å². The summed E-state index contributed by atoms with van der Waals surface area (Å²) in [4.78, 5) is 13.6. The second kappa shape index (κ2) is 5.11. The second-order valence-electron chi connectivity index (χ2n) is 5.48. The van der Waals surface area contributed by atoms with Gasteiger partial charge in [0.1, 0.15) is 6.04 Å². The highest BCUT2D eigenvalue weighted by atomic mass is 16.4. The molecule has 0 saturated carbocycles. The Kier molecular flexibility index (Phi) is 3.71. The molecule has 0 bridgehead atoms. The third-order valence-corrected chi connectivity index (χ3v) is 4.06. The molecule has 1 aliphatic rings. The van der Waals surface area contributed by atoms with Gasteiger partial charge in [-0.25, -0.2) is 0 Å². The number of rotatable bonds is 3. The van der Waals surface area contributed by atoms with Gasteiger partial charge in [-0.15, -0.1) is 0 Å². The van der Waals surface area contributed by atoms with Gasteiger partial charge in [0, 0.05) is 12.6 Å². The first-order valence-electron chi connectivity index (χ1n) is 6.56. The maximum absolute atomic E-state index is 11.5. The van der Waals surface area contributed by atoms with Crippen LogP contribution >= 0.6 is 0 Å². The van der Waals surface area contributed by atoms with Gasteiger partial charge in [0.2, 0.25) is 0 Å². The van der Waals surface area contributed by atoms with E-state index >= 15 is 0 Å². The first-order valence-corrected chi connectivity index (χ1v) is 6.56. The molecule has 0 fully saturated rings. The molecule has 2 rings (SSSR count). The highest BCUT2D eigenvalue weighted by Crippen LogP contribution is 2.27. The fraction of sp³-hybridized carbons (Fsp3) is 0.533. The van der Waals surface area contributed by atoms with Crippen LogP contribution in [0.15, 0.2) is 24.3 Å². The molecule has 0 radical (unpaired) electrons. The third kappa shape index (κ3) is 2.41. The zero-order valence-corrected chi connectivity index (χ0v) is 11.3. The van der Waals surface area contributed by atoms with E-state index in [0.29, 0.717) is 12.3 Å². The molecule has 0 saturated heterocycles. The molecular weight excluding hydrogens is 226 g/mol. The monoisotopic (exact) mass is 247 g/mol. The van der Waals surface area contributed by atoms with Gasteiger partial charge in [-0.05, 0) is 30.4 Å². The lowest BCUT2D eigenvalue weighted by Crippen LogP contribution is -2.51. The Morgan fingerprint density at radius 2 is 1.89 bits per heavy atom. The number of carboxylic acids is 1. The van der Waals surface area contributed by atoms with Gasteiger partial charge in [-0.1, -0.05) is 38.1 Å². The number of fused-ring (bicyclic) bond motifs is 1. The van der Waals surface area contributed by atoms with Crippen LogP contribution < -0.4 is 0 Å². The maximum Gasteiger partial charge on any atom is 0.321 e. The minimum Gasteiger partial charge on any atom is -0.480 e. The molecule has 3 nitrogen and oxygen atoms in total. The Hall–Kier alpha value is -1.35. The van der Waals surface area contributed by atoms with Crippen molar-refractivity contribution in [3.05, 3.63) is 35.4 Å². The molecule has 0 spiro atoms. The lowest BCUT2D eigenvalue weighted by atomic mass is 9.90. The standard InChI is InChI=1S/C15H21NO2/c1-10(2)11(3)16-9-13-7-5-4-6-12(13)8-14(16)15(17)18/h4-7,10-11,14H,8-9H2,1-3H3,(H,17,18). The van der Waals surface area contributed by atoms with Crippen LogP contribution in [0.5, 0.6) is 0 Å². The largest absolute Gasteiger partial charge is 0.480 e. The van der Waals surface area contributed by atoms with E-state index in [-0.39, 0.29) is 6.04 Å². The van der Waals surface area contributed by atoms with Crippen molar-refractivity contribution in [3.63, 3.8) is 0 Å². The summed E-state index contributed by atoms with van der Waals surface area (Å²) in [5, 5.41) is 9.42. The fourth-order valence-corrected chi connectivity index (χ4v) is 2.58. The number of benzene rings is 1. The third-order valence-electron chi connectivity index (χ3n) is 4.06. The summed E-state index contributed by atoms with van der Waals surface area (Å²) in [7, 11) is 0. The lowest BCUT2D eigenvalue weighted by Gasteiger charge is -2.40. The van der Waals surface area contributed by atoms with Gasteiger partial charge in [-0.3, -0.25) is 9.69 Å². The summed E-state index contributed by atoms with van der Waals surface area (Å²) in [5.74, 6) is -0.255. The topological polar surface area (TPSA) is 40.5 Å². The first-order chi connectivity index (χ1) is 8.50. The first kappa shape index (κ1) is 13.1. The van der Waals surface area contributed by atoms with Crippen LogP contribution in [0.25, 0.3) is 0 Å². The van der Waals surface area contributed by atoms with E-state index in [0.717, 1.165) is 6.54 Å². The fourth-order valence-electron chi connectivity index (χ4n) is 2.58. The van der Waals surface area contributed by atoms with Crippen molar-refractivity contribution in [2.75, 3.05) is 0 Å². The molecule has 98 valence electrons. The zero-order valence-electron chi connectivity index (χ0n) is 11.3. The van der Waals surface area contributed by atoms with Crippen molar-refractivity contribution >= 4 is 5.97 Å². The van der Waals surface area contributed by atoms with Crippen LogP contribution in [0, 0.1) is 5.92 Å². The molecule has 2 atom stereocenters. The minimum absolute atomic E-state index is 0.277. The van der Waals surface area contributed by atoms with Gasteiger partial charge < -0.3 is 5.11 Å². The molecule has 0 aromatic heterocycles. The van der Waals surface area contributed by atoms with Gasteiger partial charge in [-0.2, -0.15) is 0 Å². The summed E-state index contributed by atoms with van der Waals surface area (Å²) < 4.78 is 0. The summed E-state index contributed by atoms with van der Waals surface area (Å²) in [6, 6.07) is 8.05. The average molecular weight is 247 g/mol. The normalized spacial score (nSPS) is 21.7. The Balaban J connectivity index is 2.31. The van der Waals surface area contributed by atoms with Crippen molar-refractivity contribution in [1.82, 2.24) is 4.90 Å². The molecule has 0 aliphatic carbocycles. The highest BCUT2D eigenvalue weighted by molar-refractivity contribution is 5.74. The van der Waals surface area contributed by atoms with E-state index in [4.69, 9.17) is 0 Å². The molecule has 0 amide bonds. The van der Waals surface area contributed by atoms with Crippen LogP contribution in [0.2, 0.25) is 0 Å². The molecule has 1 aliphatic heterocycles. The predicted octanol–water partition coefficient (Wildman–Crippen LogP) is 2.54. The molecule has 1 aromatic carbocycles. The maximum atomic E-state index is 11.5.